The number of carbonyl (C=O) groups excluding carboxylic acids is 1. The van der Waals surface area contributed by atoms with Crippen LogP contribution in [-0.2, 0) is 4.79 Å². The number of aromatic nitrogens is 1. The molecule has 0 spiro atoms. The summed E-state index contributed by atoms with van der Waals surface area (Å²) < 4.78 is 6.12. The van der Waals surface area contributed by atoms with E-state index in [2.05, 4.69) is 26.2 Å². The second-order valence-electron chi connectivity index (χ2n) is 4.13. The topological polar surface area (TPSA) is 54.1 Å². The number of fused-ring (bicyclic) bond motifs is 1. The average Bonchev–Trinajstić information content (AvgIpc) is 2.96. The first kappa shape index (κ1) is 12.0. The maximum atomic E-state index is 12.1. The van der Waals surface area contributed by atoms with Crippen molar-refractivity contribution in [2.45, 2.75) is 0 Å². The van der Waals surface area contributed by atoms with Gasteiger partial charge in [0.2, 0.25) is 0 Å². The van der Waals surface area contributed by atoms with E-state index in [1.807, 2.05) is 24.3 Å². The summed E-state index contributed by atoms with van der Waals surface area (Å²) in [5.74, 6) is 0.597. The molecular formula is C14H11BrN2O2. The minimum absolute atomic E-state index is 0.112. The minimum Gasteiger partial charge on any atom is -0.495 e. The highest BCUT2D eigenvalue weighted by Gasteiger charge is 2.26. The molecule has 1 aromatic heterocycles. The van der Waals surface area contributed by atoms with Gasteiger partial charge in [-0.2, -0.15) is 0 Å². The summed E-state index contributed by atoms with van der Waals surface area (Å²) >= 11 is 3.48. The average molecular weight is 319 g/mol. The molecule has 0 saturated carbocycles. The smallest absolute Gasteiger partial charge is 0.256 e. The van der Waals surface area contributed by atoms with Gasteiger partial charge in [-0.05, 0) is 24.3 Å². The van der Waals surface area contributed by atoms with Gasteiger partial charge in [0.25, 0.3) is 5.91 Å². The van der Waals surface area contributed by atoms with E-state index in [1.165, 1.54) is 0 Å². The second-order valence-corrected chi connectivity index (χ2v) is 4.99. The largest absolute Gasteiger partial charge is 0.495 e. The zero-order valence-corrected chi connectivity index (χ0v) is 11.7. The normalized spacial score (nSPS) is 15.5. The van der Waals surface area contributed by atoms with E-state index in [4.69, 9.17) is 4.74 Å². The zero-order chi connectivity index (χ0) is 13.4. The fourth-order valence-electron chi connectivity index (χ4n) is 2.15. The van der Waals surface area contributed by atoms with Gasteiger partial charge >= 0.3 is 0 Å². The Morgan fingerprint density at radius 1 is 1.32 bits per heavy atom. The van der Waals surface area contributed by atoms with Gasteiger partial charge in [0.05, 0.1) is 24.1 Å². The monoisotopic (exact) mass is 318 g/mol. The number of carbonyl (C=O) groups is 1. The Morgan fingerprint density at radius 3 is 2.95 bits per heavy atom. The first-order valence-electron chi connectivity index (χ1n) is 5.74. The Bertz CT molecular complexity index is 689. The van der Waals surface area contributed by atoms with Crippen molar-refractivity contribution in [1.82, 2.24) is 4.98 Å². The van der Waals surface area contributed by atoms with Gasteiger partial charge in [-0.3, -0.25) is 4.79 Å². The Kier molecular flexibility index (Phi) is 2.91. The number of amides is 1. The van der Waals surface area contributed by atoms with Crippen LogP contribution in [0.3, 0.4) is 0 Å². The Balaban J connectivity index is 2.15. The summed E-state index contributed by atoms with van der Waals surface area (Å²) in [4.78, 5) is 15.1. The first-order chi connectivity index (χ1) is 9.20. The molecule has 3 rings (SSSR count). The maximum Gasteiger partial charge on any atom is 0.256 e. The van der Waals surface area contributed by atoms with Crippen molar-refractivity contribution in [3.63, 3.8) is 0 Å². The number of methoxy groups -OCH3 is 1. The van der Waals surface area contributed by atoms with Crippen LogP contribution in [-0.4, -0.2) is 18.0 Å². The zero-order valence-electron chi connectivity index (χ0n) is 10.2. The predicted octanol–water partition coefficient (Wildman–Crippen LogP) is 3.28. The van der Waals surface area contributed by atoms with Crippen LogP contribution in [0.1, 0.15) is 11.3 Å². The molecular weight excluding hydrogens is 308 g/mol. The molecule has 0 fully saturated rings. The summed E-state index contributed by atoms with van der Waals surface area (Å²) in [6.07, 6.45) is 3.57. The van der Waals surface area contributed by atoms with Crippen LogP contribution in [0.15, 0.2) is 34.9 Å². The molecule has 5 heteroatoms. The van der Waals surface area contributed by atoms with Crippen LogP contribution < -0.4 is 10.1 Å². The molecule has 19 heavy (non-hydrogen) atoms. The van der Waals surface area contributed by atoms with E-state index in [0.29, 0.717) is 11.3 Å². The van der Waals surface area contributed by atoms with Gasteiger partial charge in [0, 0.05) is 16.2 Å². The van der Waals surface area contributed by atoms with Gasteiger partial charge in [-0.1, -0.05) is 22.0 Å². The third kappa shape index (κ3) is 1.96. The number of nitrogens with one attached hydrogen (secondary N) is 2. The lowest BCUT2D eigenvalue weighted by Gasteiger charge is -2.02. The fraction of sp³-hybridized carbons (Fsp3) is 0.0714. The van der Waals surface area contributed by atoms with E-state index in [9.17, 15) is 4.79 Å². The molecule has 0 radical (unpaired) electrons. The van der Waals surface area contributed by atoms with Gasteiger partial charge in [-0.15, -0.1) is 0 Å². The van der Waals surface area contributed by atoms with Crippen LogP contribution in [0.2, 0.25) is 0 Å². The molecule has 1 aliphatic heterocycles. The van der Waals surface area contributed by atoms with E-state index in [1.54, 1.807) is 19.4 Å². The molecule has 0 saturated heterocycles. The lowest BCUT2D eigenvalue weighted by molar-refractivity contribution is -0.110. The van der Waals surface area contributed by atoms with E-state index in [-0.39, 0.29) is 5.91 Å². The third-order valence-electron chi connectivity index (χ3n) is 3.02. The number of benzene rings is 1. The lowest BCUT2D eigenvalue weighted by atomic mass is 10.1. The highest BCUT2D eigenvalue weighted by molar-refractivity contribution is 9.10. The lowest BCUT2D eigenvalue weighted by Crippen LogP contribution is -2.03. The number of hydrogen-bond acceptors (Lipinski definition) is 2. The minimum atomic E-state index is -0.112. The number of aromatic amines is 1. The summed E-state index contributed by atoms with van der Waals surface area (Å²) in [7, 11) is 1.60. The standard InChI is InChI=1S/C14H11BrN2O2/c1-19-12-5-6-16-11(12)7-8-13-9(15)3-2-4-10(13)17-14(8)18/h2-7,16H,1H3,(H,17,18). The van der Waals surface area contributed by atoms with Crippen molar-refractivity contribution >= 4 is 39.2 Å². The van der Waals surface area contributed by atoms with Gasteiger partial charge in [0.1, 0.15) is 5.75 Å². The quantitative estimate of drug-likeness (QED) is 0.835. The molecule has 1 aliphatic rings. The summed E-state index contributed by atoms with van der Waals surface area (Å²) in [5, 5.41) is 2.85. The Morgan fingerprint density at radius 2 is 2.16 bits per heavy atom. The predicted molar refractivity (Wildman–Crippen MR) is 78.0 cm³/mol. The van der Waals surface area contributed by atoms with Gasteiger partial charge in [0.15, 0.2) is 0 Å². The number of anilines is 1. The molecule has 96 valence electrons. The first-order valence-corrected chi connectivity index (χ1v) is 6.53. The number of rotatable bonds is 2. The number of ether oxygens (including phenoxy) is 1. The summed E-state index contributed by atoms with van der Waals surface area (Å²) in [6, 6.07) is 7.51. The SMILES string of the molecule is COc1cc[nH]c1C=C1C(=O)Nc2cccc(Br)c21. The van der Waals surface area contributed by atoms with E-state index < -0.39 is 0 Å². The Hall–Kier alpha value is -2.01. The van der Waals surface area contributed by atoms with Crippen LogP contribution in [0.5, 0.6) is 5.75 Å². The van der Waals surface area contributed by atoms with E-state index >= 15 is 0 Å². The highest BCUT2D eigenvalue weighted by Crippen LogP contribution is 2.38. The molecule has 4 nitrogen and oxygen atoms in total. The number of H-pyrrole nitrogens is 1. The van der Waals surface area contributed by atoms with Crippen molar-refractivity contribution in [1.29, 1.82) is 0 Å². The van der Waals surface area contributed by atoms with Crippen molar-refractivity contribution in [3.8, 4) is 5.75 Å². The fourth-order valence-corrected chi connectivity index (χ4v) is 2.73. The molecule has 1 amide bonds. The number of hydrogen-bond donors (Lipinski definition) is 2. The van der Waals surface area contributed by atoms with Crippen LogP contribution in [0.4, 0.5) is 5.69 Å². The molecule has 0 atom stereocenters. The maximum absolute atomic E-state index is 12.1. The van der Waals surface area contributed by atoms with Crippen LogP contribution >= 0.6 is 15.9 Å². The molecule has 0 bridgehead atoms. The molecule has 2 N–H and O–H groups in total. The highest BCUT2D eigenvalue weighted by atomic mass is 79.9. The van der Waals surface area contributed by atoms with Crippen molar-refractivity contribution in [2.75, 3.05) is 12.4 Å². The Labute approximate surface area is 118 Å². The van der Waals surface area contributed by atoms with Crippen molar-refractivity contribution in [2.24, 2.45) is 0 Å². The summed E-state index contributed by atoms with van der Waals surface area (Å²) in [5.41, 5.74) is 3.08. The number of halogens is 1. The third-order valence-corrected chi connectivity index (χ3v) is 3.68. The molecule has 0 unspecified atom stereocenters. The van der Waals surface area contributed by atoms with E-state index in [0.717, 1.165) is 21.4 Å². The van der Waals surface area contributed by atoms with Crippen LogP contribution in [0, 0.1) is 0 Å². The second kappa shape index (κ2) is 4.59. The van der Waals surface area contributed by atoms with Crippen LogP contribution in [0.25, 0.3) is 11.6 Å². The molecule has 2 aromatic rings. The van der Waals surface area contributed by atoms with Crippen molar-refractivity contribution in [3.05, 3.63) is 46.2 Å². The summed E-state index contributed by atoms with van der Waals surface area (Å²) in [6.45, 7) is 0. The molecule has 0 aliphatic carbocycles. The van der Waals surface area contributed by atoms with Crippen molar-refractivity contribution < 1.29 is 9.53 Å². The van der Waals surface area contributed by atoms with Gasteiger partial charge < -0.3 is 15.0 Å². The molecule has 2 heterocycles. The van der Waals surface area contributed by atoms with Gasteiger partial charge in [-0.25, -0.2) is 0 Å². The molecule has 1 aromatic carbocycles.